The van der Waals surface area contributed by atoms with E-state index >= 15 is 0 Å². The second kappa shape index (κ2) is 6.36. The van der Waals surface area contributed by atoms with Crippen LogP contribution in [0.1, 0.15) is 25.4 Å². The Morgan fingerprint density at radius 3 is 3.00 bits per heavy atom. The van der Waals surface area contributed by atoms with Gasteiger partial charge in [0.05, 0.1) is 18.5 Å². The monoisotopic (exact) mass is 320 g/mol. The van der Waals surface area contributed by atoms with Gasteiger partial charge in [-0.3, -0.25) is 0 Å². The summed E-state index contributed by atoms with van der Waals surface area (Å²) in [6.45, 7) is 4.98. The normalized spacial score (nSPS) is 11.2. The van der Waals surface area contributed by atoms with Crippen LogP contribution in [0.25, 0.3) is 10.8 Å². The molecule has 0 atom stereocenters. The van der Waals surface area contributed by atoms with Crippen molar-refractivity contribution in [2.45, 2.75) is 26.8 Å². The van der Waals surface area contributed by atoms with E-state index in [9.17, 15) is 0 Å². The first-order valence-electron chi connectivity index (χ1n) is 6.75. The maximum Gasteiger partial charge on any atom is 0.202 e. The number of rotatable bonds is 6. The minimum Gasteiger partial charge on any atom is -0.462 e. The van der Waals surface area contributed by atoms with Crippen molar-refractivity contribution in [3.05, 3.63) is 35.3 Å². The molecule has 0 saturated heterocycles. The first-order valence-corrected chi connectivity index (χ1v) is 8.41. The first kappa shape index (κ1) is 14.2. The van der Waals surface area contributed by atoms with Crippen molar-refractivity contribution in [2.24, 2.45) is 5.92 Å². The Morgan fingerprint density at radius 2 is 2.24 bits per heavy atom. The molecule has 1 N–H and O–H groups in total. The van der Waals surface area contributed by atoms with Gasteiger partial charge in [-0.2, -0.15) is 4.37 Å². The molecule has 0 spiro atoms. The summed E-state index contributed by atoms with van der Waals surface area (Å²) in [5, 5.41) is 7.04. The van der Waals surface area contributed by atoms with E-state index < -0.39 is 0 Å². The van der Waals surface area contributed by atoms with Crippen molar-refractivity contribution in [2.75, 3.05) is 5.32 Å². The van der Waals surface area contributed by atoms with Crippen LogP contribution < -0.4 is 5.32 Å². The van der Waals surface area contributed by atoms with Crippen molar-refractivity contribution in [1.29, 1.82) is 0 Å². The third-order valence-corrected chi connectivity index (χ3v) is 4.38. The molecule has 0 amide bonds. The van der Waals surface area contributed by atoms with Crippen molar-refractivity contribution >= 4 is 28.0 Å². The maximum atomic E-state index is 5.34. The van der Waals surface area contributed by atoms with Gasteiger partial charge in [-0.25, -0.2) is 9.97 Å². The lowest BCUT2D eigenvalue weighted by atomic mass is 10.1. The van der Waals surface area contributed by atoms with E-state index in [1.165, 1.54) is 11.5 Å². The van der Waals surface area contributed by atoms with Gasteiger partial charge >= 0.3 is 0 Å². The molecule has 3 heterocycles. The van der Waals surface area contributed by atoms with Crippen molar-refractivity contribution in [3.8, 4) is 10.8 Å². The van der Waals surface area contributed by atoms with Gasteiger partial charge in [0.25, 0.3) is 0 Å². The molecule has 110 valence electrons. The molecule has 0 unspecified atom stereocenters. The van der Waals surface area contributed by atoms with E-state index in [1.807, 2.05) is 17.5 Å². The molecule has 0 fully saturated rings. The average Bonchev–Trinajstić information content (AvgIpc) is 3.17. The summed E-state index contributed by atoms with van der Waals surface area (Å²) >= 11 is 2.98. The van der Waals surface area contributed by atoms with E-state index in [0.717, 1.165) is 33.8 Å². The summed E-state index contributed by atoms with van der Waals surface area (Å²) in [4.78, 5) is 9.02. The number of nitrogens with one attached hydrogen (secondary N) is 1. The van der Waals surface area contributed by atoms with Crippen LogP contribution in [0.3, 0.4) is 0 Å². The largest absolute Gasteiger partial charge is 0.462 e. The minimum atomic E-state index is 0.571. The van der Waals surface area contributed by atoms with Gasteiger partial charge in [0.15, 0.2) is 10.8 Å². The Kier molecular flexibility index (Phi) is 4.31. The van der Waals surface area contributed by atoms with Crippen molar-refractivity contribution < 1.29 is 4.42 Å². The number of thiazole rings is 1. The molecule has 0 aliphatic carbocycles. The lowest BCUT2D eigenvalue weighted by Crippen LogP contribution is -2.00. The van der Waals surface area contributed by atoms with Crippen LogP contribution in [0.15, 0.2) is 28.2 Å². The Bertz CT molecular complexity index is 687. The van der Waals surface area contributed by atoms with E-state index in [2.05, 4.69) is 33.5 Å². The molecule has 5 nitrogen and oxygen atoms in total. The number of nitrogens with zero attached hydrogens (tertiary/aromatic N) is 3. The molecule has 0 aliphatic heterocycles. The zero-order valence-corrected chi connectivity index (χ0v) is 13.5. The highest BCUT2D eigenvalue weighted by Crippen LogP contribution is 2.24. The van der Waals surface area contributed by atoms with Crippen LogP contribution in [-0.4, -0.2) is 14.3 Å². The van der Waals surface area contributed by atoms with Gasteiger partial charge in [0, 0.05) is 23.3 Å². The summed E-state index contributed by atoms with van der Waals surface area (Å²) in [5.41, 5.74) is 0.979. The number of aromatic nitrogens is 3. The lowest BCUT2D eigenvalue weighted by Gasteiger charge is -1.99. The highest BCUT2D eigenvalue weighted by atomic mass is 32.1. The highest BCUT2D eigenvalue weighted by Gasteiger charge is 2.09. The third-order valence-electron chi connectivity index (χ3n) is 2.76. The van der Waals surface area contributed by atoms with Crippen LogP contribution in [-0.2, 0) is 13.0 Å². The van der Waals surface area contributed by atoms with Gasteiger partial charge in [-0.05, 0) is 18.1 Å². The minimum absolute atomic E-state index is 0.571. The Hall–Kier alpha value is -1.73. The topological polar surface area (TPSA) is 63.8 Å². The molecule has 0 aromatic carbocycles. The predicted molar refractivity (Wildman–Crippen MR) is 85.6 cm³/mol. The zero-order chi connectivity index (χ0) is 14.7. The number of furan rings is 1. The molecule has 3 aromatic rings. The fraction of sp³-hybridized carbons (Fsp3) is 0.357. The lowest BCUT2D eigenvalue weighted by molar-refractivity contribution is 0.581. The van der Waals surface area contributed by atoms with Gasteiger partial charge in [-0.1, -0.05) is 13.8 Å². The quantitative estimate of drug-likeness (QED) is 0.742. The number of anilines is 1. The standard InChI is InChI=1S/C14H16N4OS2/c1-9(2)6-12-17-14(21-18-12)15-7-10-8-20-13(16-10)11-4-3-5-19-11/h3-5,8-9H,6-7H2,1-2H3,(H,15,17,18). The molecule has 7 heteroatoms. The molecule has 3 rings (SSSR count). The summed E-state index contributed by atoms with van der Waals surface area (Å²) in [6.07, 6.45) is 2.57. The van der Waals surface area contributed by atoms with E-state index in [4.69, 9.17) is 4.42 Å². The summed E-state index contributed by atoms with van der Waals surface area (Å²) < 4.78 is 9.69. The fourth-order valence-electron chi connectivity index (χ4n) is 1.84. The highest BCUT2D eigenvalue weighted by molar-refractivity contribution is 7.13. The molecule has 0 bridgehead atoms. The third kappa shape index (κ3) is 3.68. The predicted octanol–water partition coefficient (Wildman–Crippen LogP) is 4.07. The Labute approximate surface area is 131 Å². The Balaban J connectivity index is 1.59. The van der Waals surface area contributed by atoms with E-state index in [-0.39, 0.29) is 0 Å². The maximum absolute atomic E-state index is 5.34. The molecule has 0 aliphatic rings. The second-order valence-corrected chi connectivity index (χ2v) is 6.70. The average molecular weight is 320 g/mol. The number of hydrogen-bond donors (Lipinski definition) is 1. The number of hydrogen-bond acceptors (Lipinski definition) is 7. The van der Waals surface area contributed by atoms with Crippen molar-refractivity contribution in [1.82, 2.24) is 14.3 Å². The molecule has 0 saturated carbocycles. The van der Waals surface area contributed by atoms with Crippen LogP contribution in [0, 0.1) is 5.92 Å². The van der Waals surface area contributed by atoms with Gasteiger partial charge in [-0.15, -0.1) is 11.3 Å². The van der Waals surface area contributed by atoms with Gasteiger partial charge in [0.1, 0.15) is 5.82 Å². The van der Waals surface area contributed by atoms with Gasteiger partial charge in [0.2, 0.25) is 5.13 Å². The van der Waals surface area contributed by atoms with Crippen LogP contribution in [0.2, 0.25) is 0 Å². The van der Waals surface area contributed by atoms with Crippen LogP contribution >= 0.6 is 22.9 Å². The smallest absolute Gasteiger partial charge is 0.202 e. The summed E-state index contributed by atoms with van der Waals surface area (Å²) in [5.74, 6) is 2.29. The summed E-state index contributed by atoms with van der Waals surface area (Å²) in [7, 11) is 0. The van der Waals surface area contributed by atoms with E-state index in [1.54, 1.807) is 17.6 Å². The van der Waals surface area contributed by atoms with Crippen LogP contribution in [0.5, 0.6) is 0 Å². The second-order valence-electron chi connectivity index (χ2n) is 5.09. The molecular weight excluding hydrogens is 304 g/mol. The molecule has 0 radical (unpaired) electrons. The zero-order valence-electron chi connectivity index (χ0n) is 11.9. The molecule has 21 heavy (non-hydrogen) atoms. The molecule has 3 aromatic heterocycles. The Morgan fingerprint density at radius 1 is 1.33 bits per heavy atom. The first-order chi connectivity index (χ1) is 10.2. The van der Waals surface area contributed by atoms with Crippen LogP contribution in [0.4, 0.5) is 5.13 Å². The molecular formula is C14H16N4OS2. The van der Waals surface area contributed by atoms with E-state index in [0.29, 0.717) is 12.5 Å². The van der Waals surface area contributed by atoms with Gasteiger partial charge < -0.3 is 9.73 Å². The SMILES string of the molecule is CC(C)Cc1nsc(NCc2csc(-c3ccco3)n2)n1. The summed E-state index contributed by atoms with van der Waals surface area (Å²) in [6, 6.07) is 3.78. The fourth-order valence-corrected chi connectivity index (χ4v) is 3.22. The van der Waals surface area contributed by atoms with Crippen molar-refractivity contribution in [3.63, 3.8) is 0 Å².